The summed E-state index contributed by atoms with van der Waals surface area (Å²) in [5.41, 5.74) is 3.20. The van der Waals surface area contributed by atoms with Crippen LogP contribution in [0.5, 0.6) is 0 Å². The number of hydrogen-bond donors (Lipinski definition) is 0. The van der Waals surface area contributed by atoms with Crippen LogP contribution in [0.25, 0.3) is 0 Å². The van der Waals surface area contributed by atoms with Gasteiger partial charge in [-0.2, -0.15) is 0 Å². The predicted octanol–water partition coefficient (Wildman–Crippen LogP) is 2.69. The molecule has 2 nitrogen and oxygen atoms in total. The minimum Gasteiger partial charge on any atom is -0.465 e. The SMILES string of the molecule is COC(=O)c1cccc2c1C(C)C2C. The maximum atomic E-state index is 11.5. The van der Waals surface area contributed by atoms with Crippen LogP contribution in [-0.4, -0.2) is 13.1 Å². The van der Waals surface area contributed by atoms with Crippen LogP contribution in [0.1, 0.15) is 47.2 Å². The van der Waals surface area contributed by atoms with E-state index < -0.39 is 0 Å². The smallest absolute Gasteiger partial charge is 0.338 e. The van der Waals surface area contributed by atoms with Crippen molar-refractivity contribution in [1.29, 1.82) is 0 Å². The number of carbonyl (C=O) groups excluding carboxylic acids is 1. The zero-order chi connectivity index (χ0) is 10.3. The lowest BCUT2D eigenvalue weighted by Gasteiger charge is -2.36. The zero-order valence-electron chi connectivity index (χ0n) is 8.70. The van der Waals surface area contributed by atoms with Gasteiger partial charge in [0.1, 0.15) is 0 Å². The van der Waals surface area contributed by atoms with Gasteiger partial charge in [0.05, 0.1) is 12.7 Å². The standard InChI is InChI=1S/C12H14O2/c1-7-8(2)11-9(7)5-4-6-10(11)12(13)14-3/h4-8H,1-3H3. The third-order valence-electron chi connectivity index (χ3n) is 3.24. The van der Waals surface area contributed by atoms with Gasteiger partial charge >= 0.3 is 5.97 Å². The first-order valence-electron chi connectivity index (χ1n) is 4.88. The molecule has 0 spiro atoms. The molecule has 0 fully saturated rings. The number of rotatable bonds is 1. The van der Waals surface area contributed by atoms with E-state index in [1.165, 1.54) is 18.2 Å². The van der Waals surface area contributed by atoms with Crippen LogP contribution >= 0.6 is 0 Å². The van der Waals surface area contributed by atoms with E-state index in [0.29, 0.717) is 11.8 Å². The first kappa shape index (κ1) is 9.25. The third kappa shape index (κ3) is 1.07. The molecule has 0 aromatic heterocycles. The molecular weight excluding hydrogens is 176 g/mol. The van der Waals surface area contributed by atoms with Crippen molar-refractivity contribution < 1.29 is 9.53 Å². The monoisotopic (exact) mass is 190 g/mol. The second-order valence-corrected chi connectivity index (χ2v) is 3.88. The van der Waals surface area contributed by atoms with Gasteiger partial charge in [0.2, 0.25) is 0 Å². The third-order valence-corrected chi connectivity index (χ3v) is 3.24. The van der Waals surface area contributed by atoms with E-state index in [0.717, 1.165) is 5.56 Å². The molecular formula is C12H14O2. The summed E-state index contributed by atoms with van der Waals surface area (Å²) in [5, 5.41) is 0. The number of methoxy groups -OCH3 is 1. The molecule has 1 aliphatic carbocycles. The Kier molecular flexibility index (Phi) is 2.06. The summed E-state index contributed by atoms with van der Waals surface area (Å²) in [4.78, 5) is 11.5. The largest absolute Gasteiger partial charge is 0.465 e. The Bertz CT molecular complexity index is 382. The van der Waals surface area contributed by atoms with Crippen molar-refractivity contribution >= 4 is 5.97 Å². The van der Waals surface area contributed by atoms with E-state index in [2.05, 4.69) is 19.9 Å². The lowest BCUT2D eigenvalue weighted by molar-refractivity contribution is 0.0597. The second kappa shape index (κ2) is 3.12. The first-order chi connectivity index (χ1) is 6.66. The Morgan fingerprint density at radius 2 is 2.00 bits per heavy atom. The highest BCUT2D eigenvalue weighted by Gasteiger charge is 2.34. The Hall–Kier alpha value is -1.31. The molecule has 0 heterocycles. The van der Waals surface area contributed by atoms with Crippen LogP contribution in [0.4, 0.5) is 0 Å². The van der Waals surface area contributed by atoms with Crippen LogP contribution < -0.4 is 0 Å². The summed E-state index contributed by atoms with van der Waals surface area (Å²) in [6.45, 7) is 4.34. The van der Waals surface area contributed by atoms with Crippen LogP contribution in [0.3, 0.4) is 0 Å². The normalized spacial score (nSPS) is 23.6. The van der Waals surface area contributed by atoms with Crippen molar-refractivity contribution in [3.63, 3.8) is 0 Å². The second-order valence-electron chi connectivity index (χ2n) is 3.88. The zero-order valence-corrected chi connectivity index (χ0v) is 8.70. The van der Waals surface area contributed by atoms with Gasteiger partial charge in [-0.1, -0.05) is 26.0 Å². The fourth-order valence-electron chi connectivity index (χ4n) is 2.20. The fraction of sp³-hybridized carbons (Fsp3) is 0.417. The summed E-state index contributed by atoms with van der Waals surface area (Å²) in [6, 6.07) is 5.85. The molecule has 0 aliphatic heterocycles. The van der Waals surface area contributed by atoms with E-state index in [-0.39, 0.29) is 5.97 Å². The molecule has 0 radical (unpaired) electrons. The molecule has 14 heavy (non-hydrogen) atoms. The average Bonchev–Trinajstić information content (AvgIpc) is 2.25. The Balaban J connectivity index is 2.49. The number of benzene rings is 1. The highest BCUT2D eigenvalue weighted by molar-refractivity contribution is 5.92. The van der Waals surface area contributed by atoms with Gasteiger partial charge < -0.3 is 4.74 Å². The molecule has 0 amide bonds. The molecule has 1 aromatic carbocycles. The van der Waals surface area contributed by atoms with Crippen LogP contribution in [-0.2, 0) is 4.74 Å². The van der Waals surface area contributed by atoms with Gasteiger partial charge in [0, 0.05) is 0 Å². The molecule has 2 rings (SSSR count). The van der Waals surface area contributed by atoms with E-state index in [9.17, 15) is 4.79 Å². The first-order valence-corrected chi connectivity index (χ1v) is 4.88. The maximum Gasteiger partial charge on any atom is 0.338 e. The molecule has 0 saturated carbocycles. The van der Waals surface area contributed by atoms with Crippen molar-refractivity contribution in [2.75, 3.05) is 7.11 Å². The van der Waals surface area contributed by atoms with Crippen molar-refractivity contribution in [2.45, 2.75) is 25.7 Å². The number of hydrogen-bond acceptors (Lipinski definition) is 2. The summed E-state index contributed by atoms with van der Waals surface area (Å²) >= 11 is 0. The summed E-state index contributed by atoms with van der Waals surface area (Å²) in [5.74, 6) is 0.815. The maximum absolute atomic E-state index is 11.5. The lowest BCUT2D eigenvalue weighted by atomic mass is 9.68. The van der Waals surface area contributed by atoms with Crippen molar-refractivity contribution in [3.8, 4) is 0 Å². The summed E-state index contributed by atoms with van der Waals surface area (Å²) in [7, 11) is 1.43. The minimum absolute atomic E-state index is 0.222. The Morgan fingerprint density at radius 1 is 1.29 bits per heavy atom. The number of ether oxygens (including phenoxy) is 1. The molecule has 0 bridgehead atoms. The molecule has 74 valence electrons. The van der Waals surface area contributed by atoms with Gasteiger partial charge in [-0.15, -0.1) is 0 Å². The topological polar surface area (TPSA) is 26.3 Å². The van der Waals surface area contributed by atoms with Gasteiger partial charge in [0.25, 0.3) is 0 Å². The molecule has 2 unspecified atom stereocenters. The van der Waals surface area contributed by atoms with Gasteiger partial charge in [-0.3, -0.25) is 0 Å². The highest BCUT2D eigenvalue weighted by Crippen LogP contribution is 2.47. The quantitative estimate of drug-likeness (QED) is 0.636. The molecule has 2 heteroatoms. The number of esters is 1. The molecule has 2 atom stereocenters. The molecule has 1 aliphatic rings. The number of carbonyl (C=O) groups is 1. The van der Waals surface area contributed by atoms with Gasteiger partial charge in [-0.05, 0) is 29.0 Å². The fourth-order valence-corrected chi connectivity index (χ4v) is 2.20. The number of fused-ring (bicyclic) bond motifs is 1. The average molecular weight is 190 g/mol. The minimum atomic E-state index is -0.222. The van der Waals surface area contributed by atoms with Crippen molar-refractivity contribution in [2.24, 2.45) is 0 Å². The van der Waals surface area contributed by atoms with Crippen LogP contribution in [0.15, 0.2) is 18.2 Å². The Morgan fingerprint density at radius 3 is 2.64 bits per heavy atom. The highest BCUT2D eigenvalue weighted by atomic mass is 16.5. The van der Waals surface area contributed by atoms with E-state index in [4.69, 9.17) is 4.74 Å². The Labute approximate surface area is 83.9 Å². The van der Waals surface area contributed by atoms with Gasteiger partial charge in [0.15, 0.2) is 0 Å². The van der Waals surface area contributed by atoms with E-state index in [1.54, 1.807) is 0 Å². The lowest BCUT2D eigenvalue weighted by Crippen LogP contribution is -2.23. The molecule has 0 N–H and O–H groups in total. The van der Waals surface area contributed by atoms with Crippen molar-refractivity contribution in [1.82, 2.24) is 0 Å². The van der Waals surface area contributed by atoms with Gasteiger partial charge in [-0.25, -0.2) is 4.79 Å². The summed E-state index contributed by atoms with van der Waals surface area (Å²) < 4.78 is 4.75. The predicted molar refractivity (Wildman–Crippen MR) is 54.6 cm³/mol. The molecule has 1 aromatic rings. The van der Waals surface area contributed by atoms with Crippen LogP contribution in [0, 0.1) is 0 Å². The van der Waals surface area contributed by atoms with E-state index >= 15 is 0 Å². The van der Waals surface area contributed by atoms with Crippen molar-refractivity contribution in [3.05, 3.63) is 34.9 Å². The molecule has 0 saturated heterocycles. The van der Waals surface area contributed by atoms with Crippen LogP contribution in [0.2, 0.25) is 0 Å². The van der Waals surface area contributed by atoms with E-state index in [1.807, 2.05) is 12.1 Å². The summed E-state index contributed by atoms with van der Waals surface area (Å²) in [6.07, 6.45) is 0.